The molecule has 33 heavy (non-hydrogen) atoms. The van der Waals surface area contributed by atoms with Gasteiger partial charge in [-0.1, -0.05) is 60.7 Å². The quantitative estimate of drug-likeness (QED) is 0.361. The third kappa shape index (κ3) is 9.08. The largest absolute Gasteiger partial charge is 0.489 e. The average Bonchev–Trinajstić information content (AvgIpc) is 2.82. The fourth-order valence-corrected chi connectivity index (χ4v) is 3.59. The van der Waals surface area contributed by atoms with Gasteiger partial charge in [0.1, 0.15) is 12.4 Å². The van der Waals surface area contributed by atoms with Crippen molar-refractivity contribution in [3.8, 4) is 5.75 Å². The van der Waals surface area contributed by atoms with Crippen molar-refractivity contribution < 1.29 is 19.0 Å². The van der Waals surface area contributed by atoms with Gasteiger partial charge in [0.05, 0.1) is 19.3 Å². The number of hydrogen-bond donors (Lipinski definition) is 1. The molecular weight excluding hydrogens is 414 g/mol. The zero-order valence-electron chi connectivity index (χ0n) is 19.5. The molecule has 0 fully saturated rings. The number of carbonyl (C=O) groups excluding carboxylic acids is 1. The van der Waals surface area contributed by atoms with Crippen LogP contribution in [-0.2, 0) is 33.9 Å². The van der Waals surface area contributed by atoms with Crippen LogP contribution in [0.5, 0.6) is 5.75 Å². The Balaban J connectivity index is 1.52. The maximum absolute atomic E-state index is 11.6. The van der Waals surface area contributed by atoms with Gasteiger partial charge in [-0.3, -0.25) is 4.79 Å². The van der Waals surface area contributed by atoms with Crippen LogP contribution in [0.15, 0.2) is 78.9 Å². The second-order valence-corrected chi connectivity index (χ2v) is 8.07. The number of nitrogens with one attached hydrogen (secondary N) is 1. The number of methoxy groups -OCH3 is 1. The highest BCUT2D eigenvalue weighted by molar-refractivity contribution is 5.89. The van der Waals surface area contributed by atoms with Gasteiger partial charge >= 0.3 is 0 Å². The van der Waals surface area contributed by atoms with E-state index in [1.54, 1.807) is 7.11 Å². The number of rotatable bonds is 13. The molecule has 0 saturated heterocycles. The first-order valence-electron chi connectivity index (χ1n) is 11.3. The summed E-state index contributed by atoms with van der Waals surface area (Å²) in [7, 11) is 1.73. The van der Waals surface area contributed by atoms with Crippen molar-refractivity contribution in [3.63, 3.8) is 0 Å². The molecule has 3 aromatic carbocycles. The third-order valence-corrected chi connectivity index (χ3v) is 5.28. The Labute approximate surface area is 196 Å². The molecule has 0 aliphatic heterocycles. The van der Waals surface area contributed by atoms with Gasteiger partial charge in [-0.2, -0.15) is 0 Å². The van der Waals surface area contributed by atoms with E-state index >= 15 is 0 Å². The summed E-state index contributed by atoms with van der Waals surface area (Å²) in [6.45, 7) is 3.13. The van der Waals surface area contributed by atoms with Crippen molar-refractivity contribution in [2.45, 2.75) is 45.5 Å². The van der Waals surface area contributed by atoms with Crippen molar-refractivity contribution in [1.82, 2.24) is 0 Å². The average molecular weight is 448 g/mol. The topological polar surface area (TPSA) is 56.8 Å². The lowest BCUT2D eigenvalue weighted by Crippen LogP contribution is -2.18. The number of ether oxygens (including phenoxy) is 3. The standard InChI is InChI=1S/C28H33NO4/c1-22(30)29-26-16-25(17-28(18-26)33-20-24-12-7-4-8-13-24)14-9-15-27(31-2)21-32-19-23-10-5-3-6-11-23/h3-8,10-13,16-18,27H,9,14-15,19-21H2,1-2H3,(H,29,30)/t27-/m0/s1. The first kappa shape index (κ1) is 24.5. The summed E-state index contributed by atoms with van der Waals surface area (Å²) in [5, 5.41) is 2.87. The van der Waals surface area contributed by atoms with E-state index in [1.165, 1.54) is 6.92 Å². The molecule has 3 aromatic rings. The van der Waals surface area contributed by atoms with Crippen LogP contribution < -0.4 is 10.1 Å². The number of amides is 1. The van der Waals surface area contributed by atoms with Crippen LogP contribution in [0.2, 0.25) is 0 Å². The van der Waals surface area contributed by atoms with Gasteiger partial charge in [0.2, 0.25) is 5.91 Å². The van der Waals surface area contributed by atoms with E-state index in [2.05, 4.69) is 17.4 Å². The summed E-state index contributed by atoms with van der Waals surface area (Å²) in [6.07, 6.45) is 2.72. The lowest BCUT2D eigenvalue weighted by Gasteiger charge is -2.16. The molecule has 0 heterocycles. The molecule has 174 valence electrons. The zero-order chi connectivity index (χ0) is 23.3. The zero-order valence-corrected chi connectivity index (χ0v) is 19.5. The Bertz CT molecular complexity index is 976. The van der Waals surface area contributed by atoms with Crippen LogP contribution in [0.4, 0.5) is 5.69 Å². The molecule has 0 bridgehead atoms. The predicted molar refractivity (Wildman–Crippen MR) is 131 cm³/mol. The second kappa shape index (κ2) is 13.4. The first-order valence-corrected chi connectivity index (χ1v) is 11.3. The summed E-state index contributed by atoms with van der Waals surface area (Å²) < 4.78 is 17.4. The Morgan fingerprint density at radius 1 is 0.879 bits per heavy atom. The molecule has 0 aliphatic carbocycles. The van der Waals surface area contributed by atoms with E-state index in [4.69, 9.17) is 14.2 Å². The fraction of sp³-hybridized carbons (Fsp3) is 0.321. The van der Waals surface area contributed by atoms with Crippen molar-refractivity contribution in [1.29, 1.82) is 0 Å². The van der Waals surface area contributed by atoms with Gasteiger partial charge in [-0.05, 0) is 48.1 Å². The van der Waals surface area contributed by atoms with Crippen LogP contribution in [0.25, 0.3) is 0 Å². The van der Waals surface area contributed by atoms with Crippen molar-refractivity contribution in [2.75, 3.05) is 19.0 Å². The van der Waals surface area contributed by atoms with Crippen molar-refractivity contribution >= 4 is 11.6 Å². The van der Waals surface area contributed by atoms with Crippen molar-refractivity contribution in [3.05, 3.63) is 95.6 Å². The summed E-state index contributed by atoms with van der Waals surface area (Å²) in [4.78, 5) is 11.6. The van der Waals surface area contributed by atoms with Crippen molar-refractivity contribution in [2.24, 2.45) is 0 Å². The Morgan fingerprint density at radius 2 is 1.55 bits per heavy atom. The monoisotopic (exact) mass is 447 g/mol. The summed E-state index contributed by atoms with van der Waals surface area (Å²) in [6, 6.07) is 26.1. The maximum atomic E-state index is 11.6. The minimum Gasteiger partial charge on any atom is -0.489 e. The molecule has 3 rings (SSSR count). The molecular formula is C28H33NO4. The predicted octanol–water partition coefficient (Wildman–Crippen LogP) is 5.78. The van der Waals surface area contributed by atoms with Crippen LogP contribution in [0.3, 0.4) is 0 Å². The maximum Gasteiger partial charge on any atom is 0.221 e. The van der Waals surface area contributed by atoms with Crippen LogP contribution >= 0.6 is 0 Å². The molecule has 1 atom stereocenters. The van der Waals surface area contributed by atoms with E-state index in [1.807, 2.05) is 66.7 Å². The fourth-order valence-electron chi connectivity index (χ4n) is 3.59. The summed E-state index contributed by atoms with van der Waals surface area (Å²) in [5.74, 6) is 0.644. The summed E-state index contributed by atoms with van der Waals surface area (Å²) >= 11 is 0. The van der Waals surface area contributed by atoms with Crippen LogP contribution in [0, 0.1) is 0 Å². The number of carbonyl (C=O) groups is 1. The van der Waals surface area contributed by atoms with E-state index in [-0.39, 0.29) is 12.0 Å². The molecule has 5 nitrogen and oxygen atoms in total. The van der Waals surface area contributed by atoms with E-state index in [9.17, 15) is 4.79 Å². The lowest BCUT2D eigenvalue weighted by molar-refractivity contribution is -0.114. The minimum atomic E-state index is -0.101. The molecule has 0 spiro atoms. The van der Waals surface area contributed by atoms with Gasteiger partial charge in [-0.25, -0.2) is 0 Å². The first-order chi connectivity index (χ1) is 16.1. The van der Waals surface area contributed by atoms with Crippen LogP contribution in [-0.4, -0.2) is 25.7 Å². The van der Waals surface area contributed by atoms with E-state index in [0.717, 1.165) is 47.4 Å². The molecule has 1 N–H and O–H groups in total. The molecule has 0 aromatic heterocycles. The lowest BCUT2D eigenvalue weighted by atomic mass is 10.0. The Kier molecular flexibility index (Phi) is 9.95. The highest BCUT2D eigenvalue weighted by Crippen LogP contribution is 2.24. The number of aryl methyl sites for hydroxylation is 1. The molecule has 0 radical (unpaired) electrons. The highest BCUT2D eigenvalue weighted by Gasteiger charge is 2.10. The molecule has 0 saturated carbocycles. The summed E-state index contributed by atoms with van der Waals surface area (Å²) in [5.41, 5.74) is 4.12. The number of benzene rings is 3. The van der Waals surface area contributed by atoms with E-state index in [0.29, 0.717) is 19.8 Å². The van der Waals surface area contributed by atoms with Gasteiger partial charge in [0.15, 0.2) is 0 Å². The Morgan fingerprint density at radius 3 is 2.18 bits per heavy atom. The van der Waals surface area contributed by atoms with Gasteiger partial charge in [0, 0.05) is 25.8 Å². The Hall–Kier alpha value is -3.15. The van der Waals surface area contributed by atoms with Gasteiger partial charge in [-0.15, -0.1) is 0 Å². The van der Waals surface area contributed by atoms with Gasteiger partial charge in [0.25, 0.3) is 0 Å². The molecule has 5 heteroatoms. The van der Waals surface area contributed by atoms with E-state index < -0.39 is 0 Å². The smallest absolute Gasteiger partial charge is 0.221 e. The normalized spacial score (nSPS) is 11.7. The molecule has 0 aliphatic rings. The number of anilines is 1. The second-order valence-electron chi connectivity index (χ2n) is 8.07. The van der Waals surface area contributed by atoms with Crippen LogP contribution in [0.1, 0.15) is 36.5 Å². The minimum absolute atomic E-state index is 0.0426. The third-order valence-electron chi connectivity index (χ3n) is 5.28. The molecule has 0 unspecified atom stereocenters. The van der Waals surface area contributed by atoms with Gasteiger partial charge < -0.3 is 19.5 Å². The number of hydrogen-bond acceptors (Lipinski definition) is 4. The SMILES string of the molecule is CO[C@@H](CCCc1cc(NC(C)=O)cc(OCc2ccccc2)c1)COCc1ccccc1. The molecule has 1 amide bonds. The highest BCUT2D eigenvalue weighted by atomic mass is 16.5.